The Kier molecular flexibility index (Phi) is 45.6. The molecule has 770 valence electrons. The lowest BCUT2D eigenvalue weighted by Crippen LogP contribution is -2.24. The predicted molar refractivity (Wildman–Crippen MR) is 553 cm³/mol. The number of carboxylic acids is 4. The average Bonchev–Trinajstić information content (AvgIpc) is 1.61. The number of pyridine rings is 4. The first-order valence-corrected chi connectivity index (χ1v) is 51.8. The fraction of sp³-hybridized carbons (Fsp3) is 0.500. The van der Waals surface area contributed by atoms with Gasteiger partial charge in [-0.25, -0.2) is 29.1 Å². The molecule has 2 aliphatic rings. The number of nitrogens with one attached hydrogen (secondary N) is 10. The Hall–Kier alpha value is -13.0. The van der Waals surface area contributed by atoms with Gasteiger partial charge in [0.2, 0.25) is 0 Å². The lowest BCUT2D eigenvalue weighted by Gasteiger charge is -2.06. The number of aromatic nitrogens is 12. The van der Waals surface area contributed by atoms with Crippen LogP contribution >= 0.6 is 0 Å². The average molecular weight is 1960 g/mol. The molecular formula is C112H154N12O18. The monoisotopic (exact) mass is 1960 g/mol. The van der Waals surface area contributed by atoms with Crippen LogP contribution in [0.3, 0.4) is 0 Å². The summed E-state index contributed by atoms with van der Waals surface area (Å²) in [7, 11) is 0. The van der Waals surface area contributed by atoms with Crippen molar-refractivity contribution in [2.24, 2.45) is 0 Å². The van der Waals surface area contributed by atoms with E-state index >= 15 is 0 Å². The molecule has 12 aromatic heterocycles. The molecule has 2 saturated heterocycles. The fourth-order valence-corrected chi connectivity index (χ4v) is 19.4. The minimum absolute atomic E-state index is 0.312. The van der Waals surface area contributed by atoms with Gasteiger partial charge in [0.15, 0.2) is 11.4 Å². The summed E-state index contributed by atoms with van der Waals surface area (Å²) in [6.07, 6.45) is 21.5. The SMILES string of the molecule is C1CCOC1.C1CCOC1.CCCCCC.CCOC(=O)c1[nH]c(-c2[nH]c(-c3ccc4ccc(-c5[nH]c(-c6[nH]c(C(=O)OCC)c(CC)c6CC)c(CC)c5CC)[nH+]c4n3)c(CC)c2CC)c(CC)c1CC.CCOC(=O)c1[nH]c(-c2[nH]c(-c3ccc4ccc(-c5[nH]c(-c6[nH]c(C(=O)OCC)c(CC)c6CC)c(CC)c5CC)[nH+]c4n3)c(CC)c2CC)c(CC)c1CC.O=C([O-])CC(=O)O.O=C([O-])CC(=O)O. The van der Waals surface area contributed by atoms with Crippen molar-refractivity contribution in [3.63, 3.8) is 0 Å². The molecule has 0 unspecified atom stereocenters. The number of hydrogen-bond donors (Lipinski definition) is 10. The number of aromatic amines is 10. The van der Waals surface area contributed by atoms with Crippen molar-refractivity contribution in [1.82, 2.24) is 49.8 Å². The minimum Gasteiger partial charge on any atom is -0.550 e. The van der Waals surface area contributed by atoms with Crippen LogP contribution < -0.4 is 20.2 Å². The van der Waals surface area contributed by atoms with Crippen molar-refractivity contribution in [1.29, 1.82) is 0 Å². The molecule has 0 aliphatic carbocycles. The second-order valence-corrected chi connectivity index (χ2v) is 34.4. The van der Waals surface area contributed by atoms with Crippen LogP contribution in [0.2, 0.25) is 0 Å². The standard InChI is InChI=1S/2C46H58N6O4.C6H14.2C4H8O.2C3H4O4/c2*1-11-26-28(13-3)38(40-30(15-5)32(17-7)42(51-40)45(53)55-19-9)49-36(26)34-23-21-25-22-24-35(48-44(25)47-34)37-27(12-2)29(14-4)39(50-37)41-31(16-6)33(18-8)43(52-41)46(54)56-20-10;1-3-5-6-4-2;2*1-2-4-5-3-1;2*4-2(5)1-3(6)7/h2*21-24,49-52H,11-20H2,1-10H3;3-6H2,1-2H3;2*1-4H2;2*1H2,(H,4,5)(H,6,7). The van der Waals surface area contributed by atoms with Crippen molar-refractivity contribution >= 4 is 69.8 Å². The molecule has 0 amide bonds. The first kappa shape index (κ1) is 114. The molecule has 12 N–H and O–H groups in total. The molecule has 14 rings (SSSR count). The van der Waals surface area contributed by atoms with Gasteiger partial charge in [-0.15, -0.1) is 0 Å². The predicted octanol–water partition coefficient (Wildman–Crippen LogP) is 20.4. The Bertz CT molecular complexity index is 5510. The quantitative estimate of drug-likeness (QED) is 0.00740. The third kappa shape index (κ3) is 27.3. The van der Waals surface area contributed by atoms with Crippen LogP contribution in [0.1, 0.15) is 347 Å². The third-order valence-electron chi connectivity index (χ3n) is 25.8. The molecule has 142 heavy (non-hydrogen) atoms. The number of aliphatic carboxylic acids is 4. The largest absolute Gasteiger partial charge is 0.550 e. The van der Waals surface area contributed by atoms with Crippen LogP contribution in [0.15, 0.2) is 48.5 Å². The lowest BCUT2D eigenvalue weighted by atomic mass is 9.97. The van der Waals surface area contributed by atoms with Gasteiger partial charge in [-0.1, -0.05) is 150 Å². The molecular weight excluding hydrogens is 1800 g/mol. The van der Waals surface area contributed by atoms with Crippen LogP contribution in [0, 0.1) is 0 Å². The Morgan fingerprint density at radius 3 is 0.683 bits per heavy atom. The zero-order chi connectivity index (χ0) is 104. The highest BCUT2D eigenvalue weighted by atomic mass is 16.5. The smallest absolute Gasteiger partial charge is 0.355 e. The van der Waals surface area contributed by atoms with Gasteiger partial charge in [0.1, 0.15) is 34.2 Å². The van der Waals surface area contributed by atoms with Gasteiger partial charge in [-0.2, -0.15) is 0 Å². The molecule has 30 heteroatoms. The number of esters is 4. The second kappa shape index (κ2) is 56.6. The number of fused-ring (bicyclic) bond motifs is 2. The number of carboxylic acid groups (broad SMARTS) is 4. The van der Waals surface area contributed by atoms with Crippen LogP contribution in [0.25, 0.3) is 113 Å². The maximum Gasteiger partial charge on any atom is 0.355 e. The van der Waals surface area contributed by atoms with E-state index in [1.165, 1.54) is 95.9 Å². The zero-order valence-electron chi connectivity index (χ0n) is 88.0. The molecule has 0 spiro atoms. The van der Waals surface area contributed by atoms with Crippen molar-refractivity contribution in [3.05, 3.63) is 160 Å². The van der Waals surface area contributed by atoms with E-state index in [2.05, 4.69) is 223 Å². The van der Waals surface area contributed by atoms with Crippen molar-refractivity contribution in [2.45, 2.75) is 319 Å². The Morgan fingerprint density at radius 1 is 0.289 bits per heavy atom. The van der Waals surface area contributed by atoms with E-state index in [1.54, 1.807) is 0 Å². The molecule has 30 nitrogen and oxygen atoms in total. The highest BCUT2D eigenvalue weighted by Gasteiger charge is 2.34. The number of unbranched alkanes of at least 4 members (excludes halogenated alkanes) is 3. The number of H-pyrrole nitrogens is 10. The summed E-state index contributed by atoms with van der Waals surface area (Å²) in [6, 6.07) is 16.9. The molecule has 0 bridgehead atoms. The van der Waals surface area contributed by atoms with E-state index in [9.17, 15) is 48.6 Å². The van der Waals surface area contributed by atoms with Crippen LogP contribution in [-0.2, 0) is 150 Å². The number of rotatable bonds is 39. The van der Waals surface area contributed by atoms with Gasteiger partial charge in [-0.05, 0) is 304 Å². The van der Waals surface area contributed by atoms with E-state index in [4.69, 9.17) is 48.6 Å². The molecule has 2 aliphatic heterocycles. The van der Waals surface area contributed by atoms with E-state index in [0.717, 1.165) is 287 Å². The molecule has 14 heterocycles. The molecule has 2 fully saturated rings. The number of carbonyl (C=O) groups is 8. The summed E-state index contributed by atoms with van der Waals surface area (Å²) >= 11 is 0. The Morgan fingerprint density at radius 2 is 0.493 bits per heavy atom. The topological polar surface area (TPSA) is 459 Å². The number of ether oxygens (including phenoxy) is 6. The fourth-order valence-electron chi connectivity index (χ4n) is 19.4. The number of hydrogen-bond acceptors (Lipinski definition) is 18. The summed E-state index contributed by atoms with van der Waals surface area (Å²) in [4.78, 5) is 137. The molecule has 12 aromatic rings. The zero-order valence-corrected chi connectivity index (χ0v) is 88.0. The summed E-state index contributed by atoms with van der Waals surface area (Å²) in [5, 5.41) is 36.0. The van der Waals surface area contributed by atoms with E-state index in [1.807, 2.05) is 27.7 Å². The Balaban J connectivity index is 0.000000268. The first-order chi connectivity index (χ1) is 68.5. The number of carbonyl (C=O) groups excluding carboxylic acids is 6. The van der Waals surface area contributed by atoms with Crippen LogP contribution in [0.4, 0.5) is 0 Å². The van der Waals surface area contributed by atoms with E-state index < -0.39 is 36.7 Å². The van der Waals surface area contributed by atoms with Gasteiger partial charge >= 0.3 is 47.1 Å². The Labute approximate surface area is 835 Å². The highest BCUT2D eigenvalue weighted by molar-refractivity contribution is 5.96. The maximum absolute atomic E-state index is 13.1. The molecule has 0 saturated carbocycles. The van der Waals surface area contributed by atoms with Gasteiger partial charge in [0, 0.05) is 26.4 Å². The number of nitrogens with zero attached hydrogens (tertiary/aromatic N) is 2. The summed E-state index contributed by atoms with van der Waals surface area (Å²) in [6.45, 7) is 51.5. The van der Waals surface area contributed by atoms with Crippen LogP contribution in [-0.4, -0.2) is 161 Å². The molecule has 0 aromatic carbocycles. The van der Waals surface area contributed by atoms with Gasteiger partial charge in [0.25, 0.3) is 0 Å². The maximum atomic E-state index is 13.1. The van der Waals surface area contributed by atoms with E-state index in [-0.39, 0.29) is 23.9 Å². The second-order valence-electron chi connectivity index (χ2n) is 34.4. The van der Waals surface area contributed by atoms with Gasteiger partial charge in [-0.3, -0.25) is 9.59 Å². The summed E-state index contributed by atoms with van der Waals surface area (Å²) in [5.41, 5.74) is 37.7. The van der Waals surface area contributed by atoms with Crippen molar-refractivity contribution < 1.29 is 97.2 Å². The summed E-state index contributed by atoms with van der Waals surface area (Å²) in [5.74, 6) is -7.13. The molecule has 0 atom stereocenters. The van der Waals surface area contributed by atoms with Gasteiger partial charge < -0.3 is 98.3 Å². The molecule has 0 radical (unpaired) electrons. The third-order valence-corrected chi connectivity index (χ3v) is 25.8. The minimum atomic E-state index is -1.56. The normalized spacial score (nSPS) is 12.0. The summed E-state index contributed by atoms with van der Waals surface area (Å²) < 4.78 is 31.7. The van der Waals surface area contributed by atoms with Crippen molar-refractivity contribution in [2.75, 3.05) is 52.9 Å². The van der Waals surface area contributed by atoms with Gasteiger partial charge in [0.05, 0.1) is 130 Å². The highest BCUT2D eigenvalue weighted by Crippen LogP contribution is 2.44. The van der Waals surface area contributed by atoms with E-state index in [0.29, 0.717) is 49.2 Å². The van der Waals surface area contributed by atoms with Crippen molar-refractivity contribution in [3.8, 4) is 91.1 Å². The first-order valence-electron chi connectivity index (χ1n) is 51.8. The van der Waals surface area contributed by atoms with Crippen LogP contribution in [0.5, 0.6) is 0 Å². The lowest BCUT2D eigenvalue weighted by molar-refractivity contribution is -0.334.